The number of ketones is 1. The molecule has 0 bridgehead atoms. The summed E-state index contributed by atoms with van der Waals surface area (Å²) in [6, 6.07) is 19.4. The molecule has 0 saturated carbocycles. The maximum absolute atomic E-state index is 12.7. The molecule has 0 spiro atoms. The van der Waals surface area contributed by atoms with Crippen molar-refractivity contribution >= 4 is 16.8 Å². The van der Waals surface area contributed by atoms with Crippen LogP contribution in [0.2, 0.25) is 0 Å². The van der Waals surface area contributed by atoms with Crippen molar-refractivity contribution in [1.29, 1.82) is 0 Å². The quantitative estimate of drug-likeness (QED) is 0.633. The summed E-state index contributed by atoms with van der Waals surface area (Å²) in [5, 5.41) is 0.971. The first-order valence-electron chi connectivity index (χ1n) is 6.87. The number of fused-ring (bicyclic) bond motifs is 1. The maximum Gasteiger partial charge on any atom is 0.205 e. The average Bonchev–Trinajstić information content (AvgIpc) is 2.93. The first-order chi connectivity index (χ1) is 9.79. The molecule has 3 rings (SSSR count). The Balaban J connectivity index is 1.98. The van der Waals surface area contributed by atoms with E-state index in [0.29, 0.717) is 5.76 Å². The minimum Gasteiger partial charge on any atom is -0.453 e. The Bertz CT molecular complexity index is 692. The van der Waals surface area contributed by atoms with Crippen LogP contribution in [0, 0.1) is 0 Å². The number of para-hydroxylation sites is 1. The van der Waals surface area contributed by atoms with Gasteiger partial charge in [0.2, 0.25) is 5.78 Å². The van der Waals surface area contributed by atoms with Crippen molar-refractivity contribution in [3.63, 3.8) is 0 Å². The fraction of sp³-hybridized carbons (Fsp3) is 0.167. The molecular weight excluding hydrogens is 248 g/mol. The van der Waals surface area contributed by atoms with E-state index in [-0.39, 0.29) is 11.7 Å². The molecule has 0 unspecified atom stereocenters. The second kappa shape index (κ2) is 5.33. The van der Waals surface area contributed by atoms with E-state index < -0.39 is 0 Å². The fourth-order valence-electron chi connectivity index (χ4n) is 2.53. The molecule has 1 atom stereocenters. The zero-order valence-corrected chi connectivity index (χ0v) is 11.4. The third-order valence-electron chi connectivity index (χ3n) is 3.60. The molecule has 1 heterocycles. The van der Waals surface area contributed by atoms with Crippen molar-refractivity contribution < 1.29 is 9.21 Å². The third-order valence-corrected chi connectivity index (χ3v) is 3.60. The Labute approximate surface area is 118 Å². The minimum absolute atomic E-state index is 0.0508. The highest BCUT2D eigenvalue weighted by Crippen LogP contribution is 2.27. The van der Waals surface area contributed by atoms with Gasteiger partial charge in [-0.25, -0.2) is 0 Å². The first kappa shape index (κ1) is 12.7. The van der Waals surface area contributed by atoms with E-state index >= 15 is 0 Å². The lowest BCUT2D eigenvalue weighted by atomic mass is 9.91. The van der Waals surface area contributed by atoms with Crippen LogP contribution in [0.25, 0.3) is 11.0 Å². The van der Waals surface area contributed by atoms with E-state index in [1.807, 2.05) is 67.6 Å². The van der Waals surface area contributed by atoms with E-state index in [1.165, 1.54) is 0 Å². The van der Waals surface area contributed by atoms with E-state index in [1.54, 1.807) is 0 Å². The number of Topliss-reactive ketones (excluding diaryl/α,β-unsaturated/α-hetero) is 1. The van der Waals surface area contributed by atoms with Crippen LogP contribution in [-0.4, -0.2) is 5.78 Å². The summed E-state index contributed by atoms with van der Waals surface area (Å²) in [4.78, 5) is 12.7. The van der Waals surface area contributed by atoms with Gasteiger partial charge in [-0.2, -0.15) is 0 Å². The summed E-state index contributed by atoms with van der Waals surface area (Å²) in [6.45, 7) is 2.03. The van der Waals surface area contributed by atoms with Gasteiger partial charge in [0.25, 0.3) is 0 Å². The lowest BCUT2D eigenvalue weighted by Gasteiger charge is -2.12. The van der Waals surface area contributed by atoms with Gasteiger partial charge in [-0.3, -0.25) is 4.79 Å². The standard InChI is InChI=1S/C18H16O2/c1-2-15(13-8-4-3-5-9-13)18(19)17-12-14-10-6-7-11-16(14)20-17/h3-12,15H,2H2,1H3/t15-/m0/s1. The zero-order valence-electron chi connectivity index (χ0n) is 11.4. The van der Waals surface area contributed by atoms with Gasteiger partial charge in [0, 0.05) is 5.39 Å². The number of carbonyl (C=O) groups is 1. The number of hydrogen-bond donors (Lipinski definition) is 0. The van der Waals surface area contributed by atoms with Crippen LogP contribution >= 0.6 is 0 Å². The SMILES string of the molecule is CC[C@H](C(=O)c1cc2ccccc2o1)c1ccccc1. The van der Waals surface area contributed by atoms with Crippen LogP contribution in [0.5, 0.6) is 0 Å². The van der Waals surface area contributed by atoms with Crippen LogP contribution in [-0.2, 0) is 0 Å². The van der Waals surface area contributed by atoms with Crippen LogP contribution in [0.3, 0.4) is 0 Å². The molecule has 0 amide bonds. The predicted octanol–water partition coefficient (Wildman–Crippen LogP) is 4.81. The molecule has 0 radical (unpaired) electrons. The van der Waals surface area contributed by atoms with Crippen molar-refractivity contribution in [3.05, 3.63) is 72.0 Å². The molecular formula is C18H16O2. The van der Waals surface area contributed by atoms with Crippen LogP contribution in [0.15, 0.2) is 65.1 Å². The maximum atomic E-state index is 12.7. The molecule has 0 aliphatic carbocycles. The Hall–Kier alpha value is -2.35. The van der Waals surface area contributed by atoms with Gasteiger partial charge >= 0.3 is 0 Å². The second-order valence-electron chi connectivity index (χ2n) is 4.88. The molecule has 2 aromatic carbocycles. The Morgan fingerprint density at radius 2 is 1.75 bits per heavy atom. The topological polar surface area (TPSA) is 30.2 Å². The van der Waals surface area contributed by atoms with Gasteiger partial charge in [-0.1, -0.05) is 55.5 Å². The summed E-state index contributed by atoms with van der Waals surface area (Å²) in [5.74, 6) is 0.355. The van der Waals surface area contributed by atoms with Gasteiger partial charge in [0.05, 0.1) is 5.92 Å². The summed E-state index contributed by atoms with van der Waals surface area (Å²) in [6.07, 6.45) is 0.764. The summed E-state index contributed by atoms with van der Waals surface area (Å²) >= 11 is 0. The number of carbonyl (C=O) groups excluding carboxylic acids is 1. The van der Waals surface area contributed by atoms with E-state index in [4.69, 9.17) is 4.42 Å². The normalized spacial score (nSPS) is 12.4. The predicted molar refractivity (Wildman–Crippen MR) is 80.0 cm³/mol. The molecule has 1 aromatic heterocycles. The van der Waals surface area contributed by atoms with Crippen LogP contribution in [0.1, 0.15) is 35.4 Å². The Morgan fingerprint density at radius 1 is 1.05 bits per heavy atom. The van der Waals surface area contributed by atoms with Gasteiger partial charge < -0.3 is 4.42 Å². The molecule has 0 fully saturated rings. The third kappa shape index (κ3) is 2.25. The number of rotatable bonds is 4. The highest BCUT2D eigenvalue weighted by molar-refractivity contribution is 6.01. The van der Waals surface area contributed by atoms with Crippen molar-refractivity contribution in [2.45, 2.75) is 19.3 Å². The number of benzene rings is 2. The van der Waals surface area contributed by atoms with E-state index in [2.05, 4.69) is 0 Å². The molecule has 2 nitrogen and oxygen atoms in total. The molecule has 3 aromatic rings. The van der Waals surface area contributed by atoms with Crippen molar-refractivity contribution in [1.82, 2.24) is 0 Å². The van der Waals surface area contributed by atoms with E-state index in [0.717, 1.165) is 23.0 Å². The minimum atomic E-state index is -0.142. The van der Waals surface area contributed by atoms with Gasteiger partial charge in [-0.15, -0.1) is 0 Å². The van der Waals surface area contributed by atoms with Gasteiger partial charge in [0.15, 0.2) is 5.76 Å². The molecule has 2 heteroatoms. The monoisotopic (exact) mass is 264 g/mol. The van der Waals surface area contributed by atoms with Gasteiger partial charge in [0.1, 0.15) is 5.58 Å². The molecule has 20 heavy (non-hydrogen) atoms. The highest BCUT2D eigenvalue weighted by atomic mass is 16.3. The van der Waals surface area contributed by atoms with Crippen LogP contribution < -0.4 is 0 Å². The van der Waals surface area contributed by atoms with Crippen molar-refractivity contribution in [2.24, 2.45) is 0 Å². The fourth-order valence-corrected chi connectivity index (χ4v) is 2.53. The number of furan rings is 1. The van der Waals surface area contributed by atoms with Crippen molar-refractivity contribution in [3.8, 4) is 0 Å². The summed E-state index contributed by atoms with van der Waals surface area (Å²) in [7, 11) is 0. The Morgan fingerprint density at radius 3 is 2.45 bits per heavy atom. The summed E-state index contributed by atoms with van der Waals surface area (Å²) < 4.78 is 5.68. The highest BCUT2D eigenvalue weighted by Gasteiger charge is 2.23. The molecule has 100 valence electrons. The van der Waals surface area contributed by atoms with Crippen molar-refractivity contribution in [2.75, 3.05) is 0 Å². The first-order valence-corrected chi connectivity index (χ1v) is 6.87. The second-order valence-corrected chi connectivity index (χ2v) is 4.88. The summed E-state index contributed by atoms with van der Waals surface area (Å²) in [5.41, 5.74) is 1.80. The van der Waals surface area contributed by atoms with E-state index in [9.17, 15) is 4.79 Å². The Kier molecular flexibility index (Phi) is 3.38. The molecule has 0 N–H and O–H groups in total. The van der Waals surface area contributed by atoms with Gasteiger partial charge in [-0.05, 0) is 24.1 Å². The lowest BCUT2D eigenvalue weighted by molar-refractivity contribution is 0.0932. The molecule has 0 aliphatic rings. The molecule has 0 aliphatic heterocycles. The zero-order chi connectivity index (χ0) is 13.9. The lowest BCUT2D eigenvalue weighted by Crippen LogP contribution is -2.11. The largest absolute Gasteiger partial charge is 0.453 e. The smallest absolute Gasteiger partial charge is 0.205 e. The number of hydrogen-bond acceptors (Lipinski definition) is 2. The van der Waals surface area contributed by atoms with Crippen LogP contribution in [0.4, 0.5) is 0 Å². The molecule has 0 saturated heterocycles. The average molecular weight is 264 g/mol.